The molecule has 2 heterocycles. The molecule has 1 fully saturated rings. The zero-order valence-corrected chi connectivity index (χ0v) is 7.03. The van der Waals surface area contributed by atoms with E-state index in [2.05, 4.69) is 15.5 Å². The van der Waals surface area contributed by atoms with Crippen molar-refractivity contribution in [3.05, 3.63) is 18.0 Å². The quantitative estimate of drug-likeness (QED) is 0.590. The third kappa shape index (κ3) is 1.42. The molecule has 1 aliphatic heterocycles. The van der Waals surface area contributed by atoms with Crippen LogP contribution in [-0.4, -0.2) is 34.4 Å². The maximum atomic E-state index is 10.8. The van der Waals surface area contributed by atoms with Crippen molar-refractivity contribution in [2.75, 3.05) is 13.1 Å². The fourth-order valence-electron chi connectivity index (χ4n) is 1.74. The second kappa shape index (κ2) is 3.18. The molecule has 1 aromatic rings. The smallest absolute Gasteiger partial charge is 0.308 e. The first kappa shape index (κ1) is 8.25. The van der Waals surface area contributed by atoms with Gasteiger partial charge in [0, 0.05) is 30.9 Å². The minimum absolute atomic E-state index is 0.0278. The van der Waals surface area contributed by atoms with Crippen LogP contribution in [0.4, 0.5) is 0 Å². The van der Waals surface area contributed by atoms with Gasteiger partial charge in [-0.1, -0.05) is 0 Å². The molecule has 1 aromatic heterocycles. The van der Waals surface area contributed by atoms with Gasteiger partial charge in [0.1, 0.15) is 0 Å². The summed E-state index contributed by atoms with van der Waals surface area (Å²) in [6.07, 6.45) is 1.65. The van der Waals surface area contributed by atoms with Crippen molar-refractivity contribution in [1.29, 1.82) is 0 Å². The highest BCUT2D eigenvalue weighted by molar-refractivity contribution is 5.72. The zero-order valence-electron chi connectivity index (χ0n) is 7.03. The lowest BCUT2D eigenvalue weighted by Crippen LogP contribution is -2.21. The van der Waals surface area contributed by atoms with E-state index in [1.807, 2.05) is 6.07 Å². The molecule has 0 amide bonds. The van der Waals surface area contributed by atoms with Gasteiger partial charge < -0.3 is 10.4 Å². The van der Waals surface area contributed by atoms with E-state index in [1.54, 1.807) is 6.20 Å². The Kier molecular flexibility index (Phi) is 2.02. The lowest BCUT2D eigenvalue weighted by molar-refractivity contribution is -0.141. The number of aliphatic carboxylic acids is 1. The number of rotatable bonds is 2. The molecule has 5 nitrogen and oxygen atoms in total. The predicted octanol–water partition coefficient (Wildman–Crippen LogP) is -0.203. The van der Waals surface area contributed by atoms with Gasteiger partial charge in [0.25, 0.3) is 0 Å². The van der Waals surface area contributed by atoms with Crippen molar-refractivity contribution < 1.29 is 9.90 Å². The number of hydrogen-bond donors (Lipinski definition) is 3. The van der Waals surface area contributed by atoms with Gasteiger partial charge in [-0.15, -0.1) is 0 Å². The highest BCUT2D eigenvalue weighted by Gasteiger charge is 2.34. The van der Waals surface area contributed by atoms with Crippen molar-refractivity contribution in [3.8, 4) is 0 Å². The number of carboxylic acid groups (broad SMARTS) is 1. The summed E-state index contributed by atoms with van der Waals surface area (Å²) in [6, 6.07) is 1.83. The summed E-state index contributed by atoms with van der Waals surface area (Å²) in [4.78, 5) is 10.8. The van der Waals surface area contributed by atoms with E-state index < -0.39 is 5.97 Å². The highest BCUT2D eigenvalue weighted by Crippen LogP contribution is 2.26. The Morgan fingerprint density at radius 1 is 1.62 bits per heavy atom. The van der Waals surface area contributed by atoms with Gasteiger partial charge in [-0.3, -0.25) is 9.89 Å². The number of carboxylic acids is 1. The third-order valence-electron chi connectivity index (χ3n) is 2.45. The number of aromatic nitrogens is 2. The molecule has 2 unspecified atom stereocenters. The second-order valence-corrected chi connectivity index (χ2v) is 3.22. The molecule has 5 heteroatoms. The number of nitrogens with one attached hydrogen (secondary N) is 2. The molecule has 1 aliphatic rings. The van der Waals surface area contributed by atoms with Crippen LogP contribution in [0.1, 0.15) is 11.6 Å². The third-order valence-corrected chi connectivity index (χ3v) is 2.45. The maximum Gasteiger partial charge on any atom is 0.308 e. The summed E-state index contributed by atoms with van der Waals surface area (Å²) in [6.45, 7) is 1.25. The van der Waals surface area contributed by atoms with Gasteiger partial charge in [-0.05, 0) is 6.07 Å². The van der Waals surface area contributed by atoms with Gasteiger partial charge in [-0.2, -0.15) is 5.10 Å². The van der Waals surface area contributed by atoms with Crippen LogP contribution in [0.5, 0.6) is 0 Å². The Morgan fingerprint density at radius 3 is 3.08 bits per heavy atom. The van der Waals surface area contributed by atoms with Crippen LogP contribution in [0.3, 0.4) is 0 Å². The summed E-state index contributed by atoms with van der Waals surface area (Å²) in [7, 11) is 0. The first-order chi connectivity index (χ1) is 6.29. The number of carbonyl (C=O) groups is 1. The Bertz CT molecular complexity index is 296. The summed E-state index contributed by atoms with van der Waals surface area (Å²) in [5.74, 6) is -1.05. The van der Waals surface area contributed by atoms with Crippen LogP contribution >= 0.6 is 0 Å². The summed E-state index contributed by atoms with van der Waals surface area (Å²) >= 11 is 0. The van der Waals surface area contributed by atoms with Crippen molar-refractivity contribution in [2.45, 2.75) is 5.92 Å². The average molecular weight is 181 g/mol. The highest BCUT2D eigenvalue weighted by atomic mass is 16.4. The molecule has 13 heavy (non-hydrogen) atoms. The van der Waals surface area contributed by atoms with Crippen LogP contribution < -0.4 is 5.32 Å². The minimum Gasteiger partial charge on any atom is -0.481 e. The number of hydrogen-bond acceptors (Lipinski definition) is 3. The molecule has 0 spiro atoms. The predicted molar refractivity (Wildman–Crippen MR) is 45.3 cm³/mol. The fraction of sp³-hybridized carbons (Fsp3) is 0.500. The second-order valence-electron chi connectivity index (χ2n) is 3.22. The van der Waals surface area contributed by atoms with E-state index in [0.717, 1.165) is 5.69 Å². The molecule has 0 aromatic carbocycles. The number of nitrogens with zero attached hydrogens (tertiary/aromatic N) is 1. The van der Waals surface area contributed by atoms with Crippen LogP contribution in [0.2, 0.25) is 0 Å². The van der Waals surface area contributed by atoms with Crippen LogP contribution in [0, 0.1) is 5.92 Å². The van der Waals surface area contributed by atoms with E-state index in [4.69, 9.17) is 5.11 Å². The van der Waals surface area contributed by atoms with Gasteiger partial charge in [-0.25, -0.2) is 0 Å². The zero-order chi connectivity index (χ0) is 9.26. The van der Waals surface area contributed by atoms with Gasteiger partial charge in [0.15, 0.2) is 0 Å². The molecule has 70 valence electrons. The van der Waals surface area contributed by atoms with Gasteiger partial charge in [0.05, 0.1) is 5.92 Å². The van der Waals surface area contributed by atoms with Crippen molar-refractivity contribution in [3.63, 3.8) is 0 Å². The molecule has 0 saturated carbocycles. The van der Waals surface area contributed by atoms with Crippen LogP contribution in [0.25, 0.3) is 0 Å². The van der Waals surface area contributed by atoms with E-state index in [1.165, 1.54) is 0 Å². The largest absolute Gasteiger partial charge is 0.481 e. The van der Waals surface area contributed by atoms with E-state index in [9.17, 15) is 4.79 Å². The first-order valence-corrected chi connectivity index (χ1v) is 4.22. The van der Waals surface area contributed by atoms with Crippen molar-refractivity contribution in [2.24, 2.45) is 5.92 Å². The van der Waals surface area contributed by atoms with Crippen LogP contribution in [0.15, 0.2) is 12.3 Å². The van der Waals surface area contributed by atoms with Gasteiger partial charge >= 0.3 is 5.97 Å². The topological polar surface area (TPSA) is 78.0 Å². The molecule has 0 radical (unpaired) electrons. The van der Waals surface area contributed by atoms with Crippen LogP contribution in [-0.2, 0) is 4.79 Å². The Hall–Kier alpha value is -1.36. The summed E-state index contributed by atoms with van der Waals surface area (Å²) in [5, 5.41) is 18.6. The monoisotopic (exact) mass is 181 g/mol. The molecule has 3 N–H and O–H groups in total. The Morgan fingerprint density at radius 2 is 2.46 bits per heavy atom. The molecule has 1 saturated heterocycles. The van der Waals surface area contributed by atoms with Gasteiger partial charge in [0.2, 0.25) is 0 Å². The normalized spacial score (nSPS) is 27.7. The average Bonchev–Trinajstić information content (AvgIpc) is 2.74. The van der Waals surface area contributed by atoms with Crippen molar-refractivity contribution in [1.82, 2.24) is 15.5 Å². The molecule has 0 aliphatic carbocycles. The lowest BCUT2D eigenvalue weighted by atomic mass is 9.93. The molecular formula is C8H11N3O2. The Labute approximate surface area is 75.2 Å². The molecule has 2 rings (SSSR count). The lowest BCUT2D eigenvalue weighted by Gasteiger charge is -2.11. The summed E-state index contributed by atoms with van der Waals surface area (Å²) in [5.41, 5.74) is 0.900. The maximum absolute atomic E-state index is 10.8. The molecular weight excluding hydrogens is 170 g/mol. The number of H-pyrrole nitrogens is 1. The standard InChI is InChI=1S/C8H11N3O2/c12-8(13)6-4-9-3-5(6)7-1-2-10-11-7/h1-2,5-6,9H,3-4H2,(H,10,11)(H,12,13). The first-order valence-electron chi connectivity index (χ1n) is 4.22. The SMILES string of the molecule is O=C(O)C1CNCC1c1ccn[nH]1. The molecule has 0 bridgehead atoms. The Balaban J connectivity index is 2.19. The van der Waals surface area contributed by atoms with E-state index in [-0.39, 0.29) is 11.8 Å². The summed E-state index contributed by atoms with van der Waals surface area (Å²) < 4.78 is 0. The number of aromatic amines is 1. The molecule has 2 atom stereocenters. The van der Waals surface area contributed by atoms with E-state index in [0.29, 0.717) is 13.1 Å². The van der Waals surface area contributed by atoms with E-state index >= 15 is 0 Å². The minimum atomic E-state index is -0.746. The van der Waals surface area contributed by atoms with Crippen molar-refractivity contribution >= 4 is 5.97 Å². The fourth-order valence-corrected chi connectivity index (χ4v) is 1.74.